The Morgan fingerprint density at radius 1 is 1.53 bits per heavy atom. The van der Waals surface area contributed by atoms with Crippen LogP contribution in [0, 0.1) is 13.8 Å². The molecule has 1 heterocycles. The molecule has 0 fully saturated rings. The van der Waals surface area contributed by atoms with Gasteiger partial charge in [-0.3, -0.25) is 0 Å². The number of hydrogen-bond acceptors (Lipinski definition) is 4. The number of thiazole rings is 1. The Kier molecular flexibility index (Phi) is 4.55. The van der Waals surface area contributed by atoms with Crippen molar-refractivity contribution in [2.45, 2.75) is 27.2 Å². The van der Waals surface area contributed by atoms with Crippen molar-refractivity contribution in [2.24, 2.45) is 0 Å². The van der Waals surface area contributed by atoms with Gasteiger partial charge in [0.25, 0.3) is 0 Å². The van der Waals surface area contributed by atoms with E-state index in [1.54, 1.807) is 18.3 Å². The molecule has 0 aliphatic heterocycles. The van der Waals surface area contributed by atoms with E-state index >= 15 is 0 Å². The average molecular weight is 228 g/mol. The van der Waals surface area contributed by atoms with Crippen LogP contribution in [-0.2, 0) is 11.2 Å². The second kappa shape index (κ2) is 5.70. The number of carbonyl (C=O) groups excluding carboxylic acids is 1. The summed E-state index contributed by atoms with van der Waals surface area (Å²) >= 11 is 1.68. The number of aromatic nitrogens is 1. The van der Waals surface area contributed by atoms with E-state index in [0.717, 1.165) is 17.1 Å². The molecule has 0 atom stereocenters. The lowest BCUT2D eigenvalue weighted by Crippen LogP contribution is -2.26. The molecule has 1 N–H and O–H groups in total. The summed E-state index contributed by atoms with van der Waals surface area (Å²) < 4.78 is 4.75. The number of aryl methyl sites for hydroxylation is 2. The van der Waals surface area contributed by atoms with Gasteiger partial charge in [0.2, 0.25) is 0 Å². The minimum Gasteiger partial charge on any atom is -0.450 e. The molecule has 0 bridgehead atoms. The van der Waals surface area contributed by atoms with Gasteiger partial charge in [-0.15, -0.1) is 11.3 Å². The molecule has 1 amide bonds. The number of rotatable bonds is 4. The standard InChI is InChI=1S/C10H16N2O2S/c1-4-14-10(13)11-6-5-9-7(2)12-8(3)15-9/h4-6H2,1-3H3,(H,11,13). The van der Waals surface area contributed by atoms with Crippen LogP contribution in [-0.4, -0.2) is 24.2 Å². The minimum absolute atomic E-state index is 0.351. The fourth-order valence-electron chi connectivity index (χ4n) is 1.27. The molecule has 0 radical (unpaired) electrons. The lowest BCUT2D eigenvalue weighted by molar-refractivity contribution is 0.152. The predicted molar refractivity (Wildman–Crippen MR) is 60.3 cm³/mol. The van der Waals surface area contributed by atoms with Crippen molar-refractivity contribution in [3.63, 3.8) is 0 Å². The average Bonchev–Trinajstić information content (AvgIpc) is 2.46. The fourth-order valence-corrected chi connectivity index (χ4v) is 2.20. The summed E-state index contributed by atoms with van der Waals surface area (Å²) in [5, 5.41) is 3.75. The van der Waals surface area contributed by atoms with E-state index in [0.29, 0.717) is 13.2 Å². The number of nitrogens with zero attached hydrogens (tertiary/aromatic N) is 1. The number of carbonyl (C=O) groups is 1. The van der Waals surface area contributed by atoms with E-state index in [1.807, 2.05) is 13.8 Å². The van der Waals surface area contributed by atoms with Gasteiger partial charge in [-0.2, -0.15) is 0 Å². The van der Waals surface area contributed by atoms with Crippen molar-refractivity contribution in [2.75, 3.05) is 13.2 Å². The van der Waals surface area contributed by atoms with E-state index in [-0.39, 0.29) is 6.09 Å². The van der Waals surface area contributed by atoms with Gasteiger partial charge >= 0.3 is 6.09 Å². The minimum atomic E-state index is -0.351. The van der Waals surface area contributed by atoms with Crippen molar-refractivity contribution in [3.8, 4) is 0 Å². The summed E-state index contributed by atoms with van der Waals surface area (Å²) in [6, 6.07) is 0. The molecule has 84 valence electrons. The maximum absolute atomic E-state index is 11.0. The molecule has 1 aromatic rings. The molecule has 1 rings (SSSR count). The molecule has 0 aliphatic rings. The fraction of sp³-hybridized carbons (Fsp3) is 0.600. The summed E-state index contributed by atoms with van der Waals surface area (Å²) in [6.45, 7) is 6.77. The van der Waals surface area contributed by atoms with E-state index in [1.165, 1.54) is 4.88 Å². The van der Waals surface area contributed by atoms with E-state index in [2.05, 4.69) is 10.3 Å². The predicted octanol–water partition coefficient (Wildman–Crippen LogP) is 2.05. The zero-order valence-electron chi connectivity index (χ0n) is 9.29. The number of alkyl carbamates (subject to hydrolysis) is 1. The first kappa shape index (κ1) is 12.0. The number of ether oxygens (including phenoxy) is 1. The zero-order valence-corrected chi connectivity index (χ0v) is 10.1. The maximum atomic E-state index is 11.0. The molecule has 0 unspecified atom stereocenters. The molecule has 0 aromatic carbocycles. The highest BCUT2D eigenvalue weighted by molar-refractivity contribution is 7.11. The van der Waals surface area contributed by atoms with Crippen LogP contribution >= 0.6 is 11.3 Å². The van der Waals surface area contributed by atoms with Gasteiger partial charge in [-0.25, -0.2) is 9.78 Å². The molecule has 5 heteroatoms. The largest absolute Gasteiger partial charge is 0.450 e. The second-order valence-corrected chi connectivity index (χ2v) is 4.43. The van der Waals surface area contributed by atoms with Crippen molar-refractivity contribution >= 4 is 17.4 Å². The quantitative estimate of drug-likeness (QED) is 0.858. The maximum Gasteiger partial charge on any atom is 0.407 e. The van der Waals surface area contributed by atoms with Crippen molar-refractivity contribution in [1.29, 1.82) is 0 Å². The van der Waals surface area contributed by atoms with Crippen LogP contribution in [0.1, 0.15) is 22.5 Å². The Bertz CT molecular complexity index is 336. The summed E-state index contributed by atoms with van der Waals surface area (Å²) in [4.78, 5) is 16.5. The lowest BCUT2D eigenvalue weighted by atomic mass is 10.3. The Balaban J connectivity index is 2.31. The van der Waals surface area contributed by atoms with Gasteiger partial charge in [-0.1, -0.05) is 0 Å². The molecule has 1 aromatic heterocycles. The topological polar surface area (TPSA) is 51.2 Å². The number of nitrogens with one attached hydrogen (secondary N) is 1. The van der Waals surface area contributed by atoms with Gasteiger partial charge in [0.15, 0.2) is 0 Å². The number of hydrogen-bond donors (Lipinski definition) is 1. The third-order valence-electron chi connectivity index (χ3n) is 1.90. The highest BCUT2D eigenvalue weighted by Gasteiger charge is 2.05. The highest BCUT2D eigenvalue weighted by atomic mass is 32.1. The van der Waals surface area contributed by atoms with Gasteiger partial charge < -0.3 is 10.1 Å². The van der Waals surface area contributed by atoms with E-state index in [4.69, 9.17) is 4.74 Å². The Labute approximate surface area is 93.7 Å². The summed E-state index contributed by atoms with van der Waals surface area (Å²) in [5.41, 5.74) is 1.06. The summed E-state index contributed by atoms with van der Waals surface area (Å²) in [6.07, 6.45) is 0.465. The van der Waals surface area contributed by atoms with Crippen molar-refractivity contribution < 1.29 is 9.53 Å². The Morgan fingerprint density at radius 3 is 2.80 bits per heavy atom. The van der Waals surface area contributed by atoms with E-state index in [9.17, 15) is 4.79 Å². The smallest absolute Gasteiger partial charge is 0.407 e. The first-order valence-electron chi connectivity index (χ1n) is 4.97. The van der Waals surface area contributed by atoms with Crippen LogP contribution in [0.3, 0.4) is 0 Å². The van der Waals surface area contributed by atoms with Crippen LogP contribution in [0.4, 0.5) is 4.79 Å². The summed E-state index contributed by atoms with van der Waals surface area (Å²) in [7, 11) is 0. The normalized spacial score (nSPS) is 10.1. The second-order valence-electron chi connectivity index (χ2n) is 3.14. The SMILES string of the molecule is CCOC(=O)NCCc1sc(C)nc1C. The van der Waals surface area contributed by atoms with Crippen LogP contribution in [0.25, 0.3) is 0 Å². The van der Waals surface area contributed by atoms with Crippen LogP contribution in [0.2, 0.25) is 0 Å². The third kappa shape index (κ3) is 3.87. The first-order chi connectivity index (χ1) is 7.13. The Hall–Kier alpha value is -1.10. The van der Waals surface area contributed by atoms with Crippen LogP contribution in [0.15, 0.2) is 0 Å². The van der Waals surface area contributed by atoms with Gasteiger partial charge in [0.05, 0.1) is 17.3 Å². The van der Waals surface area contributed by atoms with Gasteiger partial charge in [-0.05, 0) is 20.8 Å². The number of amides is 1. The van der Waals surface area contributed by atoms with Crippen molar-refractivity contribution in [1.82, 2.24) is 10.3 Å². The summed E-state index contributed by atoms with van der Waals surface area (Å²) in [5.74, 6) is 0. The first-order valence-corrected chi connectivity index (χ1v) is 5.78. The molecule has 0 aliphatic carbocycles. The van der Waals surface area contributed by atoms with Gasteiger partial charge in [0.1, 0.15) is 0 Å². The molecule has 0 spiro atoms. The molecule has 4 nitrogen and oxygen atoms in total. The van der Waals surface area contributed by atoms with Gasteiger partial charge in [0, 0.05) is 17.8 Å². The molecular formula is C10H16N2O2S. The zero-order chi connectivity index (χ0) is 11.3. The Morgan fingerprint density at radius 2 is 2.27 bits per heavy atom. The highest BCUT2D eigenvalue weighted by Crippen LogP contribution is 2.16. The molecule has 0 saturated carbocycles. The third-order valence-corrected chi connectivity index (χ3v) is 3.03. The monoisotopic (exact) mass is 228 g/mol. The molecule has 0 saturated heterocycles. The molecule has 15 heavy (non-hydrogen) atoms. The van der Waals surface area contributed by atoms with Crippen molar-refractivity contribution in [3.05, 3.63) is 15.6 Å². The van der Waals surface area contributed by atoms with Crippen LogP contribution in [0.5, 0.6) is 0 Å². The lowest BCUT2D eigenvalue weighted by Gasteiger charge is -2.03. The van der Waals surface area contributed by atoms with E-state index < -0.39 is 0 Å². The molecular weight excluding hydrogens is 212 g/mol. The van der Waals surface area contributed by atoms with Crippen LogP contribution < -0.4 is 5.32 Å².